The Hall–Kier alpha value is -2.31. The molecule has 1 heterocycles. The van der Waals surface area contributed by atoms with Crippen LogP contribution in [0, 0.1) is 0 Å². The van der Waals surface area contributed by atoms with E-state index in [1.807, 2.05) is 0 Å². The van der Waals surface area contributed by atoms with Crippen LogP contribution in [0.2, 0.25) is 0 Å². The third-order valence-electron chi connectivity index (χ3n) is 2.14. The molecule has 18 heavy (non-hydrogen) atoms. The van der Waals surface area contributed by atoms with Gasteiger partial charge in [0, 0.05) is 5.39 Å². The van der Waals surface area contributed by atoms with E-state index in [9.17, 15) is 18.0 Å². The van der Waals surface area contributed by atoms with Crippen LogP contribution in [-0.2, 0) is 4.79 Å². The molecule has 4 nitrogen and oxygen atoms in total. The number of nitrogen functional groups attached to an aromatic ring is 1. The van der Waals surface area contributed by atoms with Crippen molar-refractivity contribution in [1.82, 2.24) is 4.98 Å². The molecule has 2 aromatic rings. The molecule has 1 aromatic heterocycles. The maximum Gasteiger partial charge on any atom is 0.491 e. The Morgan fingerprint density at radius 2 is 1.94 bits per heavy atom. The summed E-state index contributed by atoms with van der Waals surface area (Å²) in [6, 6.07) is 7.37. The van der Waals surface area contributed by atoms with E-state index >= 15 is 0 Å². The summed E-state index contributed by atoms with van der Waals surface area (Å²) in [6.45, 7) is 0. The SMILES string of the molecule is Nc1ccc2cccc(OC(=O)C(F)(F)F)c2n1. The fourth-order valence-corrected chi connectivity index (χ4v) is 1.38. The Labute approximate surface area is 99.2 Å². The fourth-order valence-electron chi connectivity index (χ4n) is 1.38. The number of benzene rings is 1. The van der Waals surface area contributed by atoms with E-state index in [1.54, 1.807) is 12.1 Å². The highest BCUT2D eigenvalue weighted by Crippen LogP contribution is 2.27. The second-order valence-corrected chi connectivity index (χ2v) is 3.45. The van der Waals surface area contributed by atoms with Crippen LogP contribution >= 0.6 is 0 Å². The number of nitrogens with two attached hydrogens (primary N) is 1. The second-order valence-electron chi connectivity index (χ2n) is 3.45. The molecule has 0 spiro atoms. The van der Waals surface area contributed by atoms with Crippen molar-refractivity contribution in [3.8, 4) is 5.75 Å². The van der Waals surface area contributed by atoms with Gasteiger partial charge in [0.15, 0.2) is 5.75 Å². The first-order valence-electron chi connectivity index (χ1n) is 4.82. The number of rotatable bonds is 1. The van der Waals surface area contributed by atoms with Crippen molar-refractivity contribution in [3.05, 3.63) is 30.3 Å². The van der Waals surface area contributed by atoms with Crippen molar-refractivity contribution in [2.75, 3.05) is 5.73 Å². The van der Waals surface area contributed by atoms with Gasteiger partial charge in [-0.3, -0.25) is 0 Å². The summed E-state index contributed by atoms with van der Waals surface area (Å²) >= 11 is 0. The summed E-state index contributed by atoms with van der Waals surface area (Å²) in [5.74, 6) is -2.45. The minimum absolute atomic E-state index is 0.107. The quantitative estimate of drug-likeness (QED) is 0.628. The number of carbonyl (C=O) groups is 1. The number of hydrogen-bond donors (Lipinski definition) is 1. The monoisotopic (exact) mass is 256 g/mol. The summed E-state index contributed by atoms with van der Waals surface area (Å²) < 4.78 is 40.5. The summed E-state index contributed by atoms with van der Waals surface area (Å²) in [6.07, 6.45) is -5.05. The predicted octanol–water partition coefficient (Wildman–Crippen LogP) is 2.28. The van der Waals surface area contributed by atoms with Gasteiger partial charge in [-0.25, -0.2) is 9.78 Å². The molecular formula is C11H7F3N2O2. The van der Waals surface area contributed by atoms with Crippen molar-refractivity contribution in [3.63, 3.8) is 0 Å². The Kier molecular flexibility index (Phi) is 2.82. The first kappa shape index (κ1) is 12.2. The van der Waals surface area contributed by atoms with E-state index in [-0.39, 0.29) is 17.1 Å². The topological polar surface area (TPSA) is 65.2 Å². The molecule has 0 bridgehead atoms. The van der Waals surface area contributed by atoms with Gasteiger partial charge < -0.3 is 10.5 Å². The number of carbonyl (C=O) groups excluding carboxylic acids is 1. The zero-order valence-electron chi connectivity index (χ0n) is 8.86. The summed E-state index contributed by atoms with van der Waals surface area (Å²) in [5, 5.41) is 0.525. The normalized spacial score (nSPS) is 11.5. The number of fused-ring (bicyclic) bond motifs is 1. The molecule has 7 heteroatoms. The van der Waals surface area contributed by atoms with Gasteiger partial charge in [-0.15, -0.1) is 0 Å². The smallest absolute Gasteiger partial charge is 0.418 e. The van der Waals surface area contributed by atoms with E-state index in [0.717, 1.165) is 0 Å². The number of para-hydroxylation sites is 1. The molecule has 0 saturated carbocycles. The van der Waals surface area contributed by atoms with Crippen LogP contribution in [-0.4, -0.2) is 17.1 Å². The highest BCUT2D eigenvalue weighted by Gasteiger charge is 2.41. The van der Waals surface area contributed by atoms with Crippen LogP contribution in [0.15, 0.2) is 30.3 Å². The van der Waals surface area contributed by atoms with E-state index in [0.29, 0.717) is 5.39 Å². The zero-order chi connectivity index (χ0) is 13.3. The van der Waals surface area contributed by atoms with Gasteiger partial charge in [0.2, 0.25) is 0 Å². The summed E-state index contributed by atoms with van der Waals surface area (Å²) in [5.41, 5.74) is 5.54. The Morgan fingerprint density at radius 1 is 1.22 bits per heavy atom. The number of esters is 1. The maximum atomic E-state index is 12.1. The van der Waals surface area contributed by atoms with E-state index in [4.69, 9.17) is 5.73 Å². The van der Waals surface area contributed by atoms with Gasteiger partial charge in [-0.1, -0.05) is 12.1 Å². The molecule has 0 saturated heterocycles. The number of nitrogens with zero attached hydrogens (tertiary/aromatic N) is 1. The lowest BCUT2D eigenvalue weighted by Gasteiger charge is -2.09. The largest absolute Gasteiger partial charge is 0.491 e. The van der Waals surface area contributed by atoms with Gasteiger partial charge in [-0.05, 0) is 18.2 Å². The van der Waals surface area contributed by atoms with Crippen LogP contribution in [0.4, 0.5) is 19.0 Å². The van der Waals surface area contributed by atoms with Gasteiger partial charge >= 0.3 is 12.1 Å². The highest BCUT2D eigenvalue weighted by molar-refractivity contribution is 5.89. The third kappa shape index (κ3) is 2.34. The molecular weight excluding hydrogens is 249 g/mol. The van der Waals surface area contributed by atoms with E-state index < -0.39 is 12.1 Å². The first-order valence-corrected chi connectivity index (χ1v) is 4.82. The lowest BCUT2D eigenvalue weighted by atomic mass is 10.2. The Morgan fingerprint density at radius 3 is 2.61 bits per heavy atom. The standard InChI is InChI=1S/C11H7F3N2O2/c12-11(13,14)10(17)18-7-3-1-2-6-4-5-8(15)16-9(6)7/h1-5H,(H2,15,16). The number of halogens is 3. The second kappa shape index (κ2) is 4.17. The summed E-state index contributed by atoms with van der Waals surface area (Å²) in [7, 11) is 0. The van der Waals surface area contributed by atoms with Crippen LogP contribution < -0.4 is 10.5 Å². The molecule has 0 aliphatic rings. The average Bonchev–Trinajstić information content (AvgIpc) is 2.28. The van der Waals surface area contributed by atoms with Crippen molar-refractivity contribution >= 4 is 22.7 Å². The molecule has 0 fully saturated rings. The number of aromatic nitrogens is 1. The molecule has 1 aromatic carbocycles. The predicted molar refractivity (Wildman–Crippen MR) is 57.8 cm³/mol. The first-order chi connectivity index (χ1) is 8.38. The average molecular weight is 256 g/mol. The van der Waals surface area contributed by atoms with Crippen molar-refractivity contribution < 1.29 is 22.7 Å². The van der Waals surface area contributed by atoms with Crippen molar-refractivity contribution in [2.24, 2.45) is 0 Å². The van der Waals surface area contributed by atoms with Gasteiger partial charge in [0.1, 0.15) is 11.3 Å². The van der Waals surface area contributed by atoms with Crippen LogP contribution in [0.25, 0.3) is 10.9 Å². The van der Waals surface area contributed by atoms with Crippen LogP contribution in [0.3, 0.4) is 0 Å². The van der Waals surface area contributed by atoms with Gasteiger partial charge in [0.25, 0.3) is 0 Å². The number of anilines is 1. The van der Waals surface area contributed by atoms with E-state index in [2.05, 4.69) is 9.72 Å². The molecule has 0 aliphatic heterocycles. The zero-order valence-corrected chi connectivity index (χ0v) is 8.86. The van der Waals surface area contributed by atoms with Crippen molar-refractivity contribution in [2.45, 2.75) is 6.18 Å². The Balaban J connectivity index is 2.45. The molecule has 0 amide bonds. The minimum atomic E-state index is -5.05. The van der Waals surface area contributed by atoms with Gasteiger partial charge in [0.05, 0.1) is 0 Å². The fraction of sp³-hybridized carbons (Fsp3) is 0.0909. The number of alkyl halides is 3. The van der Waals surface area contributed by atoms with E-state index in [1.165, 1.54) is 18.2 Å². The molecule has 94 valence electrons. The van der Waals surface area contributed by atoms with Crippen molar-refractivity contribution in [1.29, 1.82) is 0 Å². The lowest BCUT2D eigenvalue weighted by Crippen LogP contribution is -2.28. The molecule has 0 atom stereocenters. The van der Waals surface area contributed by atoms with Gasteiger partial charge in [-0.2, -0.15) is 13.2 Å². The van der Waals surface area contributed by atoms with Crippen LogP contribution in [0.1, 0.15) is 0 Å². The number of hydrogen-bond acceptors (Lipinski definition) is 4. The molecule has 2 N–H and O–H groups in total. The Bertz CT molecular complexity index is 611. The molecule has 2 rings (SSSR count). The number of pyridine rings is 1. The maximum absolute atomic E-state index is 12.1. The summed E-state index contributed by atoms with van der Waals surface area (Å²) in [4.78, 5) is 14.6. The van der Waals surface area contributed by atoms with Crippen LogP contribution in [0.5, 0.6) is 5.75 Å². The lowest BCUT2D eigenvalue weighted by molar-refractivity contribution is -0.189. The molecule has 0 unspecified atom stereocenters. The third-order valence-corrected chi connectivity index (χ3v) is 2.14. The highest BCUT2D eigenvalue weighted by atomic mass is 19.4. The number of ether oxygens (including phenoxy) is 1. The molecule has 0 radical (unpaired) electrons. The molecule has 0 aliphatic carbocycles. The minimum Gasteiger partial charge on any atom is -0.418 e.